The zero-order valence-electron chi connectivity index (χ0n) is 15.1. The van der Waals surface area contributed by atoms with Crippen LogP contribution in [0.2, 0.25) is 0 Å². The van der Waals surface area contributed by atoms with Gasteiger partial charge in [0.1, 0.15) is 5.82 Å². The quantitative estimate of drug-likeness (QED) is 0.643. The van der Waals surface area contributed by atoms with Crippen molar-refractivity contribution in [2.24, 2.45) is 5.73 Å². The van der Waals surface area contributed by atoms with E-state index in [-0.39, 0.29) is 5.91 Å². The Kier molecular flexibility index (Phi) is 5.15. The number of fused-ring (bicyclic) bond motifs is 1. The molecular weight excluding hydrogens is 342 g/mol. The molecule has 1 saturated heterocycles. The smallest absolute Gasteiger partial charge is 0.255 e. The van der Waals surface area contributed by atoms with E-state index in [1.54, 1.807) is 6.07 Å². The van der Waals surface area contributed by atoms with Crippen molar-refractivity contribution in [3.8, 4) is 0 Å². The molecule has 1 aromatic heterocycles. The number of hydrogen-bond donors (Lipinski definition) is 3. The summed E-state index contributed by atoms with van der Waals surface area (Å²) < 4.78 is 5.38. The summed E-state index contributed by atoms with van der Waals surface area (Å²) in [5, 5.41) is 2.94. The molecule has 4 rings (SSSR count). The molecule has 27 heavy (non-hydrogen) atoms. The highest BCUT2D eigenvalue weighted by molar-refractivity contribution is 6.05. The van der Waals surface area contributed by atoms with Crippen LogP contribution in [-0.2, 0) is 17.8 Å². The van der Waals surface area contributed by atoms with Gasteiger partial charge in [-0.3, -0.25) is 9.69 Å². The molecule has 0 atom stereocenters. The Morgan fingerprint density at radius 1 is 1.22 bits per heavy atom. The lowest BCUT2D eigenvalue weighted by atomic mass is 10.1. The third-order valence-corrected chi connectivity index (χ3v) is 4.69. The van der Waals surface area contributed by atoms with E-state index >= 15 is 0 Å². The number of hydrogen-bond acceptors (Lipinski definition) is 5. The maximum Gasteiger partial charge on any atom is 0.255 e. The first-order chi connectivity index (χ1) is 13.2. The third kappa shape index (κ3) is 4.16. The molecular formula is C20H23N5O2. The van der Waals surface area contributed by atoms with Crippen LogP contribution in [0.4, 0.5) is 5.69 Å². The molecule has 3 aromatic rings. The predicted molar refractivity (Wildman–Crippen MR) is 104 cm³/mol. The maximum atomic E-state index is 12.5. The topological polar surface area (TPSA) is 96.3 Å². The summed E-state index contributed by atoms with van der Waals surface area (Å²) in [7, 11) is 0. The van der Waals surface area contributed by atoms with E-state index in [0.717, 1.165) is 61.0 Å². The molecule has 2 heterocycles. The molecule has 0 saturated carbocycles. The lowest BCUT2D eigenvalue weighted by Crippen LogP contribution is -2.35. The lowest BCUT2D eigenvalue weighted by Gasteiger charge is -2.25. The van der Waals surface area contributed by atoms with E-state index in [4.69, 9.17) is 10.5 Å². The van der Waals surface area contributed by atoms with E-state index in [0.29, 0.717) is 12.1 Å². The second-order valence-electron chi connectivity index (χ2n) is 6.66. The van der Waals surface area contributed by atoms with E-state index in [9.17, 15) is 4.79 Å². The molecule has 0 radical (unpaired) electrons. The summed E-state index contributed by atoms with van der Waals surface area (Å²) in [5.41, 5.74) is 9.70. The van der Waals surface area contributed by atoms with Crippen molar-refractivity contribution >= 4 is 22.6 Å². The molecule has 1 fully saturated rings. The van der Waals surface area contributed by atoms with Gasteiger partial charge >= 0.3 is 0 Å². The van der Waals surface area contributed by atoms with Crippen molar-refractivity contribution < 1.29 is 9.53 Å². The number of aromatic amines is 1. The fourth-order valence-corrected chi connectivity index (χ4v) is 3.23. The van der Waals surface area contributed by atoms with Gasteiger partial charge in [-0.1, -0.05) is 12.1 Å². The van der Waals surface area contributed by atoms with E-state index in [1.165, 1.54) is 0 Å². The molecule has 2 aromatic carbocycles. The van der Waals surface area contributed by atoms with Crippen LogP contribution in [0.15, 0.2) is 42.5 Å². The number of nitrogens with one attached hydrogen (secondary N) is 2. The zero-order chi connectivity index (χ0) is 18.6. The van der Waals surface area contributed by atoms with Crippen LogP contribution in [0.25, 0.3) is 11.0 Å². The van der Waals surface area contributed by atoms with Crippen molar-refractivity contribution in [3.05, 3.63) is 59.4 Å². The van der Waals surface area contributed by atoms with Crippen molar-refractivity contribution in [2.75, 3.05) is 31.6 Å². The van der Waals surface area contributed by atoms with Crippen LogP contribution >= 0.6 is 0 Å². The predicted octanol–water partition coefficient (Wildman–Crippen LogP) is 2.11. The lowest BCUT2D eigenvalue weighted by molar-refractivity contribution is 0.0332. The summed E-state index contributed by atoms with van der Waals surface area (Å²) in [6, 6.07) is 13.0. The zero-order valence-corrected chi connectivity index (χ0v) is 15.1. The van der Waals surface area contributed by atoms with Gasteiger partial charge in [-0.05, 0) is 35.9 Å². The third-order valence-electron chi connectivity index (χ3n) is 4.69. The number of amides is 1. The fourth-order valence-electron chi connectivity index (χ4n) is 3.23. The first-order valence-corrected chi connectivity index (χ1v) is 9.10. The molecule has 0 unspecified atom stereocenters. The van der Waals surface area contributed by atoms with Crippen LogP contribution in [0, 0.1) is 0 Å². The van der Waals surface area contributed by atoms with Gasteiger partial charge in [-0.15, -0.1) is 0 Å². The number of nitrogens with two attached hydrogens (primary N) is 1. The number of nitrogens with zero attached hydrogens (tertiary/aromatic N) is 2. The first kappa shape index (κ1) is 17.7. The van der Waals surface area contributed by atoms with Gasteiger partial charge in [-0.2, -0.15) is 0 Å². The minimum absolute atomic E-state index is 0.155. The minimum atomic E-state index is -0.155. The normalized spacial score (nSPS) is 15.1. The van der Waals surface area contributed by atoms with Gasteiger partial charge in [0.2, 0.25) is 0 Å². The van der Waals surface area contributed by atoms with E-state index in [2.05, 4.69) is 20.2 Å². The molecule has 1 amide bonds. The second kappa shape index (κ2) is 7.87. The number of benzene rings is 2. The van der Waals surface area contributed by atoms with Crippen molar-refractivity contribution in [3.63, 3.8) is 0 Å². The van der Waals surface area contributed by atoms with Crippen LogP contribution in [-0.4, -0.2) is 47.1 Å². The summed E-state index contributed by atoms with van der Waals surface area (Å²) in [4.78, 5) is 22.8. The molecule has 1 aliphatic rings. The Morgan fingerprint density at radius 2 is 2.07 bits per heavy atom. The number of rotatable bonds is 5. The average Bonchev–Trinajstić information content (AvgIpc) is 3.10. The summed E-state index contributed by atoms with van der Waals surface area (Å²) in [6.45, 7) is 4.54. The highest BCUT2D eigenvalue weighted by Gasteiger charge is 2.13. The van der Waals surface area contributed by atoms with Crippen LogP contribution < -0.4 is 11.1 Å². The van der Waals surface area contributed by atoms with Crippen molar-refractivity contribution in [1.82, 2.24) is 14.9 Å². The highest BCUT2D eigenvalue weighted by Crippen LogP contribution is 2.19. The van der Waals surface area contributed by atoms with Crippen LogP contribution in [0.5, 0.6) is 0 Å². The van der Waals surface area contributed by atoms with Gasteiger partial charge in [0.25, 0.3) is 5.91 Å². The minimum Gasteiger partial charge on any atom is -0.379 e. The monoisotopic (exact) mass is 365 g/mol. The first-order valence-electron chi connectivity index (χ1n) is 9.10. The number of carbonyl (C=O) groups is 1. The Labute approximate surface area is 157 Å². The van der Waals surface area contributed by atoms with Gasteiger partial charge in [0, 0.05) is 30.9 Å². The maximum absolute atomic E-state index is 12.5. The number of morpholine rings is 1. The molecule has 0 bridgehead atoms. The Morgan fingerprint density at radius 3 is 2.89 bits per heavy atom. The van der Waals surface area contributed by atoms with Gasteiger partial charge in [-0.25, -0.2) is 4.98 Å². The Bertz CT molecular complexity index is 946. The van der Waals surface area contributed by atoms with Crippen molar-refractivity contribution in [2.45, 2.75) is 13.1 Å². The number of imidazole rings is 1. The molecule has 4 N–H and O–H groups in total. The van der Waals surface area contributed by atoms with Gasteiger partial charge in [0.15, 0.2) is 0 Å². The second-order valence-corrected chi connectivity index (χ2v) is 6.66. The Hall–Kier alpha value is -2.74. The number of aromatic nitrogens is 2. The van der Waals surface area contributed by atoms with Gasteiger partial charge < -0.3 is 20.8 Å². The molecule has 1 aliphatic heterocycles. The van der Waals surface area contributed by atoms with Gasteiger partial charge in [0.05, 0.1) is 30.8 Å². The number of carbonyl (C=O) groups excluding carboxylic acids is 1. The number of H-pyrrole nitrogens is 1. The summed E-state index contributed by atoms with van der Waals surface area (Å²) in [5.74, 6) is 0.767. The summed E-state index contributed by atoms with van der Waals surface area (Å²) in [6.07, 6.45) is 0. The number of anilines is 1. The van der Waals surface area contributed by atoms with E-state index in [1.807, 2.05) is 36.4 Å². The fraction of sp³-hybridized carbons (Fsp3) is 0.300. The van der Waals surface area contributed by atoms with Crippen LogP contribution in [0.3, 0.4) is 0 Å². The largest absolute Gasteiger partial charge is 0.379 e. The molecule has 0 spiro atoms. The van der Waals surface area contributed by atoms with E-state index < -0.39 is 0 Å². The SMILES string of the molecule is NCc1cccc(C(=O)Nc2ccc3nc(CN4CCOCC4)[nH]c3c2)c1. The van der Waals surface area contributed by atoms with Crippen LogP contribution in [0.1, 0.15) is 21.7 Å². The molecule has 140 valence electrons. The standard InChI is InChI=1S/C20H23N5O2/c21-12-14-2-1-3-15(10-14)20(26)22-16-4-5-17-18(11-16)24-19(23-17)13-25-6-8-27-9-7-25/h1-5,10-11H,6-9,12-13,21H2,(H,22,26)(H,23,24). The average molecular weight is 365 g/mol. The van der Waals surface area contributed by atoms with Crippen molar-refractivity contribution in [1.29, 1.82) is 0 Å². The highest BCUT2D eigenvalue weighted by atomic mass is 16.5. The number of ether oxygens (including phenoxy) is 1. The summed E-state index contributed by atoms with van der Waals surface area (Å²) >= 11 is 0. The molecule has 0 aliphatic carbocycles. The molecule has 7 nitrogen and oxygen atoms in total. The Balaban J connectivity index is 1.48. The molecule has 7 heteroatoms.